The molecule has 1 aliphatic carbocycles. The molecule has 22 heavy (non-hydrogen) atoms. The second-order valence-electron chi connectivity index (χ2n) is 6.77. The van der Waals surface area contributed by atoms with Crippen molar-refractivity contribution in [3.8, 4) is 0 Å². The summed E-state index contributed by atoms with van der Waals surface area (Å²) in [7, 11) is 0. The second-order valence-corrected chi connectivity index (χ2v) is 8.71. The highest BCUT2D eigenvalue weighted by atomic mass is 79.9. The molecule has 0 bridgehead atoms. The number of amides is 1. The van der Waals surface area contributed by atoms with Crippen LogP contribution in [0.5, 0.6) is 0 Å². The number of carbonyl (C=O) groups excluding carboxylic acids is 1. The molecule has 0 aliphatic heterocycles. The van der Waals surface area contributed by atoms with Crippen LogP contribution in [-0.4, -0.2) is 23.2 Å². The van der Waals surface area contributed by atoms with E-state index in [1.165, 1.54) is 4.70 Å². The number of fused-ring (bicyclic) bond motifs is 1. The molecular weight excluding hydrogens is 364 g/mol. The second kappa shape index (κ2) is 5.49. The number of nitrogens with zero attached hydrogens (tertiary/aromatic N) is 1. The molecule has 1 aliphatic rings. The van der Waals surface area contributed by atoms with E-state index in [-0.39, 0.29) is 11.5 Å². The maximum Gasteiger partial charge on any atom is 0.407 e. The molecule has 1 fully saturated rings. The maximum absolute atomic E-state index is 11.8. The average molecular weight is 383 g/mol. The maximum atomic E-state index is 11.8. The molecule has 0 spiro atoms. The number of carbonyl (C=O) groups is 1. The van der Waals surface area contributed by atoms with E-state index in [4.69, 9.17) is 9.72 Å². The number of thiazole rings is 1. The molecule has 0 unspecified atom stereocenters. The molecule has 1 saturated carbocycles. The van der Waals surface area contributed by atoms with Gasteiger partial charge in [0, 0.05) is 16.4 Å². The molecule has 0 saturated heterocycles. The van der Waals surface area contributed by atoms with Gasteiger partial charge in [-0.05, 0) is 51.8 Å². The Kier molecular flexibility index (Phi) is 3.93. The van der Waals surface area contributed by atoms with Crippen molar-refractivity contribution >= 4 is 43.6 Å². The zero-order chi connectivity index (χ0) is 16.0. The Bertz CT molecular complexity index is 716. The average Bonchev–Trinajstić information content (AvgIpc) is 3.07. The summed E-state index contributed by atoms with van der Waals surface area (Å²) in [5, 5.41) is 4.00. The van der Waals surface area contributed by atoms with Gasteiger partial charge in [0.2, 0.25) is 0 Å². The van der Waals surface area contributed by atoms with Gasteiger partial charge in [0.15, 0.2) is 0 Å². The highest BCUT2D eigenvalue weighted by Gasteiger charge is 2.47. The zero-order valence-corrected chi connectivity index (χ0v) is 15.3. The van der Waals surface area contributed by atoms with Crippen LogP contribution in [0.1, 0.15) is 38.6 Å². The topological polar surface area (TPSA) is 51.2 Å². The smallest absolute Gasteiger partial charge is 0.407 e. The number of hydrogen-bond donors (Lipinski definition) is 1. The Hall–Kier alpha value is -1.14. The number of alkyl carbamates (subject to hydrolysis) is 1. The van der Waals surface area contributed by atoms with Crippen LogP contribution in [-0.2, 0) is 10.2 Å². The van der Waals surface area contributed by atoms with Crippen molar-refractivity contribution in [3.05, 3.63) is 27.7 Å². The van der Waals surface area contributed by atoms with Crippen LogP contribution in [0.2, 0.25) is 0 Å². The zero-order valence-electron chi connectivity index (χ0n) is 12.9. The van der Waals surface area contributed by atoms with E-state index >= 15 is 0 Å². The Morgan fingerprint density at radius 3 is 2.82 bits per heavy atom. The lowest BCUT2D eigenvalue weighted by molar-refractivity contribution is 0.0522. The third-order valence-corrected chi connectivity index (χ3v) is 5.40. The summed E-state index contributed by atoms with van der Waals surface area (Å²) in [6, 6.07) is 6.15. The molecule has 1 heterocycles. The molecule has 1 amide bonds. The molecule has 0 atom stereocenters. The van der Waals surface area contributed by atoms with Crippen LogP contribution in [0.25, 0.3) is 10.2 Å². The van der Waals surface area contributed by atoms with Gasteiger partial charge in [-0.3, -0.25) is 0 Å². The lowest BCUT2D eigenvalue weighted by atomic mass is 10.1. The fourth-order valence-corrected chi connectivity index (χ4v) is 3.84. The summed E-state index contributed by atoms with van der Waals surface area (Å²) in [6.45, 7) is 6.18. The molecule has 1 aromatic carbocycles. The van der Waals surface area contributed by atoms with E-state index in [1.807, 2.05) is 32.9 Å². The number of aromatic nitrogens is 1. The van der Waals surface area contributed by atoms with Gasteiger partial charge in [0.25, 0.3) is 0 Å². The van der Waals surface area contributed by atoms with Crippen molar-refractivity contribution in [3.63, 3.8) is 0 Å². The Morgan fingerprint density at radius 2 is 2.18 bits per heavy atom. The molecule has 4 nitrogen and oxygen atoms in total. The van der Waals surface area contributed by atoms with Crippen LogP contribution >= 0.6 is 27.3 Å². The van der Waals surface area contributed by atoms with Crippen LogP contribution in [0, 0.1) is 0 Å². The van der Waals surface area contributed by atoms with Crippen molar-refractivity contribution in [2.45, 2.75) is 44.6 Å². The van der Waals surface area contributed by atoms with Crippen LogP contribution in [0.15, 0.2) is 22.7 Å². The molecule has 1 aromatic heterocycles. The van der Waals surface area contributed by atoms with Gasteiger partial charge >= 0.3 is 6.09 Å². The quantitative estimate of drug-likeness (QED) is 0.842. The number of ether oxygens (including phenoxy) is 1. The Morgan fingerprint density at radius 1 is 1.45 bits per heavy atom. The summed E-state index contributed by atoms with van der Waals surface area (Å²) in [5.41, 5.74) is 0.536. The minimum atomic E-state index is -0.469. The Labute approximate surface area is 142 Å². The van der Waals surface area contributed by atoms with Crippen molar-refractivity contribution in [1.82, 2.24) is 10.3 Å². The van der Waals surface area contributed by atoms with Gasteiger partial charge in [-0.2, -0.15) is 0 Å². The fraction of sp³-hybridized carbons (Fsp3) is 0.500. The van der Waals surface area contributed by atoms with Crippen LogP contribution < -0.4 is 5.32 Å². The number of halogens is 1. The highest BCUT2D eigenvalue weighted by Crippen LogP contribution is 2.50. The molecule has 0 radical (unpaired) electrons. The fourth-order valence-electron chi connectivity index (χ4n) is 2.30. The standard InChI is InChI=1S/C16H19BrN2O2S/c1-15(2,3)21-14(20)18-9-16(6-7-16)13-19-11-8-10(17)4-5-12(11)22-13/h4-5,8H,6-7,9H2,1-3H3,(H,18,20). The van der Waals surface area contributed by atoms with Gasteiger partial charge in [0.05, 0.1) is 10.2 Å². The number of nitrogens with one attached hydrogen (secondary N) is 1. The van der Waals surface area contributed by atoms with Crippen molar-refractivity contribution in [1.29, 1.82) is 0 Å². The summed E-state index contributed by atoms with van der Waals surface area (Å²) >= 11 is 5.19. The first kappa shape index (κ1) is 15.7. The molecule has 1 N–H and O–H groups in total. The van der Waals surface area contributed by atoms with Gasteiger partial charge < -0.3 is 10.1 Å². The first-order valence-corrected chi connectivity index (χ1v) is 8.92. The van der Waals surface area contributed by atoms with Crippen molar-refractivity contribution < 1.29 is 9.53 Å². The lowest BCUT2D eigenvalue weighted by Gasteiger charge is -2.21. The van der Waals surface area contributed by atoms with E-state index < -0.39 is 5.60 Å². The molecule has 2 aromatic rings. The van der Waals surface area contributed by atoms with Gasteiger partial charge in [-0.15, -0.1) is 11.3 Å². The van der Waals surface area contributed by atoms with E-state index in [2.05, 4.69) is 27.3 Å². The summed E-state index contributed by atoms with van der Waals surface area (Å²) in [6.07, 6.45) is 1.76. The predicted molar refractivity (Wildman–Crippen MR) is 92.5 cm³/mol. The van der Waals surface area contributed by atoms with Crippen molar-refractivity contribution in [2.75, 3.05) is 6.54 Å². The lowest BCUT2D eigenvalue weighted by Crippen LogP contribution is -2.36. The monoisotopic (exact) mass is 382 g/mol. The minimum Gasteiger partial charge on any atom is -0.444 e. The predicted octanol–water partition coefficient (Wildman–Crippen LogP) is 4.62. The molecular formula is C16H19BrN2O2S. The van der Waals surface area contributed by atoms with Crippen LogP contribution in [0.4, 0.5) is 4.79 Å². The highest BCUT2D eigenvalue weighted by molar-refractivity contribution is 9.10. The third kappa shape index (κ3) is 3.43. The first-order valence-electron chi connectivity index (χ1n) is 7.31. The van der Waals surface area contributed by atoms with Gasteiger partial charge in [0.1, 0.15) is 10.6 Å². The molecule has 118 valence electrons. The summed E-state index contributed by atoms with van der Waals surface area (Å²) < 4.78 is 7.52. The Balaban J connectivity index is 1.71. The largest absolute Gasteiger partial charge is 0.444 e. The van der Waals surface area contributed by atoms with Gasteiger partial charge in [-0.1, -0.05) is 15.9 Å². The normalized spacial score (nSPS) is 16.5. The van der Waals surface area contributed by atoms with E-state index in [9.17, 15) is 4.79 Å². The van der Waals surface area contributed by atoms with E-state index in [1.54, 1.807) is 11.3 Å². The summed E-state index contributed by atoms with van der Waals surface area (Å²) in [5.74, 6) is 0. The number of benzene rings is 1. The SMILES string of the molecule is CC(C)(C)OC(=O)NCC1(c2nc3cc(Br)ccc3s2)CC1. The number of hydrogen-bond acceptors (Lipinski definition) is 4. The summed E-state index contributed by atoms with van der Waals surface area (Å²) in [4.78, 5) is 16.6. The molecule has 6 heteroatoms. The van der Waals surface area contributed by atoms with E-state index in [0.717, 1.165) is 27.8 Å². The van der Waals surface area contributed by atoms with E-state index in [0.29, 0.717) is 6.54 Å². The minimum absolute atomic E-state index is 0.00688. The number of rotatable bonds is 3. The van der Waals surface area contributed by atoms with Gasteiger partial charge in [-0.25, -0.2) is 9.78 Å². The third-order valence-electron chi connectivity index (χ3n) is 3.63. The van der Waals surface area contributed by atoms with Crippen molar-refractivity contribution in [2.24, 2.45) is 0 Å². The molecule has 3 rings (SSSR count). The first-order chi connectivity index (χ1) is 10.3. The van der Waals surface area contributed by atoms with Crippen LogP contribution in [0.3, 0.4) is 0 Å².